The van der Waals surface area contributed by atoms with E-state index in [0.29, 0.717) is 0 Å². The van der Waals surface area contributed by atoms with E-state index in [4.69, 9.17) is 0 Å². The van der Waals surface area contributed by atoms with Crippen molar-refractivity contribution in [2.24, 2.45) is 0 Å². The summed E-state index contributed by atoms with van der Waals surface area (Å²) < 4.78 is 1.15. The van der Waals surface area contributed by atoms with Crippen LogP contribution in [0.15, 0.2) is 28.7 Å². The van der Waals surface area contributed by atoms with Gasteiger partial charge in [0.15, 0.2) is 0 Å². The van der Waals surface area contributed by atoms with Gasteiger partial charge in [-0.05, 0) is 37.6 Å². The summed E-state index contributed by atoms with van der Waals surface area (Å²) >= 11 is 3.47. The first-order valence-electron chi connectivity index (χ1n) is 7.40. The minimum Gasteiger partial charge on any atom is -0.313 e. The highest BCUT2D eigenvalue weighted by molar-refractivity contribution is 9.10. The first-order valence-corrected chi connectivity index (χ1v) is 8.20. The fraction of sp³-hybridized carbons (Fsp3) is 0.625. The molecule has 0 amide bonds. The standard InChI is InChI=1S/C16H25BrN2/c1-19(13-14-7-9-15(17)10-8-14)12-11-18-16-5-3-2-4-6-16/h7-10,16,18H,2-6,11-13H2,1H3. The molecule has 1 aromatic carbocycles. The monoisotopic (exact) mass is 324 g/mol. The van der Waals surface area contributed by atoms with E-state index in [1.807, 2.05) is 0 Å². The van der Waals surface area contributed by atoms with Crippen molar-refractivity contribution in [2.45, 2.75) is 44.7 Å². The molecule has 0 heterocycles. The Kier molecular flexibility index (Phi) is 6.35. The Morgan fingerprint density at radius 3 is 2.53 bits per heavy atom. The Morgan fingerprint density at radius 2 is 1.84 bits per heavy atom. The van der Waals surface area contributed by atoms with E-state index in [0.717, 1.165) is 30.1 Å². The van der Waals surface area contributed by atoms with Crippen LogP contribution in [0.4, 0.5) is 0 Å². The topological polar surface area (TPSA) is 15.3 Å². The molecule has 0 spiro atoms. The zero-order valence-corrected chi connectivity index (χ0v) is 13.5. The highest BCUT2D eigenvalue weighted by Gasteiger charge is 2.12. The lowest BCUT2D eigenvalue weighted by molar-refractivity contribution is 0.300. The van der Waals surface area contributed by atoms with Crippen molar-refractivity contribution in [1.82, 2.24) is 10.2 Å². The maximum Gasteiger partial charge on any atom is 0.0231 e. The zero-order chi connectivity index (χ0) is 13.5. The van der Waals surface area contributed by atoms with Gasteiger partial charge in [-0.3, -0.25) is 0 Å². The minimum absolute atomic E-state index is 0.773. The molecule has 0 radical (unpaired) electrons. The van der Waals surface area contributed by atoms with Gasteiger partial charge in [0.2, 0.25) is 0 Å². The Hall–Kier alpha value is -0.380. The van der Waals surface area contributed by atoms with Gasteiger partial charge in [0.25, 0.3) is 0 Å². The smallest absolute Gasteiger partial charge is 0.0231 e. The van der Waals surface area contributed by atoms with Crippen LogP contribution in [0.25, 0.3) is 0 Å². The first-order chi connectivity index (χ1) is 9.24. The van der Waals surface area contributed by atoms with Gasteiger partial charge in [0.05, 0.1) is 0 Å². The van der Waals surface area contributed by atoms with Crippen LogP contribution in [-0.2, 0) is 6.54 Å². The second-order valence-electron chi connectivity index (χ2n) is 5.65. The molecule has 1 fully saturated rings. The average molecular weight is 325 g/mol. The molecule has 1 N–H and O–H groups in total. The van der Waals surface area contributed by atoms with E-state index in [-0.39, 0.29) is 0 Å². The van der Waals surface area contributed by atoms with E-state index in [2.05, 4.69) is 57.5 Å². The molecule has 0 atom stereocenters. The second kappa shape index (κ2) is 8.03. The first kappa shape index (κ1) is 15.0. The van der Waals surface area contributed by atoms with E-state index in [1.165, 1.54) is 37.7 Å². The SMILES string of the molecule is CN(CCNC1CCCCC1)Cc1ccc(Br)cc1. The van der Waals surface area contributed by atoms with Crippen molar-refractivity contribution in [2.75, 3.05) is 20.1 Å². The van der Waals surface area contributed by atoms with Crippen LogP contribution in [0.1, 0.15) is 37.7 Å². The molecular weight excluding hydrogens is 300 g/mol. The molecule has 1 aliphatic rings. The van der Waals surface area contributed by atoms with Gasteiger partial charge in [-0.1, -0.05) is 47.3 Å². The van der Waals surface area contributed by atoms with Gasteiger partial charge in [-0.2, -0.15) is 0 Å². The van der Waals surface area contributed by atoms with Gasteiger partial charge < -0.3 is 10.2 Å². The van der Waals surface area contributed by atoms with Crippen LogP contribution < -0.4 is 5.32 Å². The van der Waals surface area contributed by atoms with Crippen molar-refractivity contribution in [3.05, 3.63) is 34.3 Å². The van der Waals surface area contributed by atoms with Crippen molar-refractivity contribution in [3.63, 3.8) is 0 Å². The van der Waals surface area contributed by atoms with E-state index < -0.39 is 0 Å². The molecule has 0 aliphatic heterocycles. The van der Waals surface area contributed by atoms with Crippen molar-refractivity contribution in [1.29, 1.82) is 0 Å². The average Bonchev–Trinajstić information content (AvgIpc) is 2.43. The molecular formula is C16H25BrN2. The number of likely N-dealkylation sites (N-methyl/N-ethyl adjacent to an activating group) is 1. The molecule has 1 aliphatic carbocycles. The largest absolute Gasteiger partial charge is 0.313 e. The number of hydrogen-bond donors (Lipinski definition) is 1. The fourth-order valence-corrected chi connectivity index (χ4v) is 3.01. The Morgan fingerprint density at radius 1 is 1.16 bits per heavy atom. The van der Waals surface area contributed by atoms with Gasteiger partial charge >= 0.3 is 0 Å². The summed E-state index contributed by atoms with van der Waals surface area (Å²) in [6.45, 7) is 3.25. The third-order valence-corrected chi connectivity index (χ3v) is 4.43. The molecule has 2 rings (SSSR count). The Labute approximate surface area is 125 Å². The number of hydrogen-bond acceptors (Lipinski definition) is 2. The van der Waals surface area contributed by atoms with E-state index >= 15 is 0 Å². The van der Waals surface area contributed by atoms with Gasteiger partial charge in [-0.25, -0.2) is 0 Å². The van der Waals surface area contributed by atoms with Gasteiger partial charge in [0.1, 0.15) is 0 Å². The van der Waals surface area contributed by atoms with Gasteiger partial charge in [-0.15, -0.1) is 0 Å². The summed E-state index contributed by atoms with van der Waals surface area (Å²) in [4.78, 5) is 2.39. The second-order valence-corrected chi connectivity index (χ2v) is 6.57. The highest BCUT2D eigenvalue weighted by Crippen LogP contribution is 2.17. The summed E-state index contributed by atoms with van der Waals surface area (Å²) in [5, 5.41) is 3.70. The third-order valence-electron chi connectivity index (χ3n) is 3.90. The molecule has 1 saturated carbocycles. The molecule has 19 heavy (non-hydrogen) atoms. The Balaban J connectivity index is 1.63. The molecule has 0 bridgehead atoms. The maximum absolute atomic E-state index is 3.70. The predicted octanol–water partition coefficient (Wildman–Crippen LogP) is 3.80. The molecule has 0 unspecified atom stereocenters. The summed E-state index contributed by atoms with van der Waals surface area (Å²) in [5.41, 5.74) is 1.38. The lowest BCUT2D eigenvalue weighted by Gasteiger charge is -2.24. The Bertz CT molecular complexity index is 358. The van der Waals surface area contributed by atoms with Crippen LogP contribution >= 0.6 is 15.9 Å². The van der Waals surface area contributed by atoms with E-state index in [9.17, 15) is 0 Å². The van der Waals surface area contributed by atoms with Crippen molar-refractivity contribution in [3.8, 4) is 0 Å². The lowest BCUT2D eigenvalue weighted by atomic mass is 9.95. The van der Waals surface area contributed by atoms with Crippen molar-refractivity contribution < 1.29 is 0 Å². The normalized spacial score (nSPS) is 17.0. The number of benzene rings is 1. The predicted molar refractivity (Wildman–Crippen MR) is 85.4 cm³/mol. The number of nitrogens with one attached hydrogen (secondary N) is 1. The van der Waals surface area contributed by atoms with Crippen LogP contribution in [-0.4, -0.2) is 31.1 Å². The third kappa shape index (κ3) is 5.64. The van der Waals surface area contributed by atoms with Crippen molar-refractivity contribution >= 4 is 15.9 Å². The highest BCUT2D eigenvalue weighted by atomic mass is 79.9. The molecule has 3 heteroatoms. The minimum atomic E-state index is 0.773. The summed E-state index contributed by atoms with van der Waals surface area (Å²) in [7, 11) is 2.20. The van der Waals surface area contributed by atoms with Gasteiger partial charge in [0, 0.05) is 30.1 Å². The lowest BCUT2D eigenvalue weighted by Crippen LogP contribution is -2.36. The van der Waals surface area contributed by atoms with Crippen LogP contribution in [0.2, 0.25) is 0 Å². The summed E-state index contributed by atoms with van der Waals surface area (Å²) in [5.74, 6) is 0. The quantitative estimate of drug-likeness (QED) is 0.856. The number of nitrogens with zero attached hydrogens (tertiary/aromatic N) is 1. The number of rotatable bonds is 6. The molecule has 0 saturated heterocycles. The molecule has 0 aromatic heterocycles. The molecule has 2 nitrogen and oxygen atoms in total. The van der Waals surface area contributed by atoms with E-state index in [1.54, 1.807) is 0 Å². The fourth-order valence-electron chi connectivity index (χ4n) is 2.75. The zero-order valence-electron chi connectivity index (χ0n) is 11.9. The molecule has 1 aromatic rings. The summed E-state index contributed by atoms with van der Waals surface area (Å²) in [6, 6.07) is 9.38. The van der Waals surface area contributed by atoms with Crippen LogP contribution in [0, 0.1) is 0 Å². The van der Waals surface area contributed by atoms with Crippen LogP contribution in [0.3, 0.4) is 0 Å². The number of halogens is 1. The summed E-state index contributed by atoms with van der Waals surface area (Å²) in [6.07, 6.45) is 6.99. The molecule has 106 valence electrons. The maximum atomic E-state index is 3.70. The van der Waals surface area contributed by atoms with Crippen LogP contribution in [0.5, 0.6) is 0 Å².